The summed E-state index contributed by atoms with van der Waals surface area (Å²) in [5.41, 5.74) is 8.00. The van der Waals surface area contributed by atoms with Gasteiger partial charge in [-0.15, -0.1) is 0 Å². The van der Waals surface area contributed by atoms with E-state index in [9.17, 15) is 0 Å². The fraction of sp³-hybridized carbons (Fsp3) is 0.429. The molecular weight excluding hydrogens is 302 g/mol. The van der Waals surface area contributed by atoms with Crippen LogP contribution >= 0.6 is 23.3 Å². The van der Waals surface area contributed by atoms with Crippen LogP contribution in [0.4, 0.5) is 10.8 Å². The van der Waals surface area contributed by atoms with Gasteiger partial charge in [0.2, 0.25) is 0 Å². The molecule has 3 heterocycles. The van der Waals surface area contributed by atoms with Crippen LogP contribution in [0.5, 0.6) is 0 Å². The van der Waals surface area contributed by atoms with E-state index in [1.54, 1.807) is 6.20 Å². The smallest absolute Gasteiger partial charge is 0.147 e. The third kappa shape index (κ3) is 3.66. The van der Waals surface area contributed by atoms with Crippen LogP contribution in [0.15, 0.2) is 24.5 Å². The number of rotatable bonds is 5. The van der Waals surface area contributed by atoms with E-state index in [2.05, 4.69) is 19.6 Å². The Bertz CT molecular complexity index is 566. The summed E-state index contributed by atoms with van der Waals surface area (Å²) in [6, 6.07) is 3.93. The molecule has 0 atom stereocenters. The Kier molecular flexibility index (Phi) is 4.95. The number of nitrogens with one attached hydrogen (secondary N) is 1. The Morgan fingerprint density at radius 1 is 1.33 bits per heavy atom. The number of hydrogen-bond donors (Lipinski definition) is 2. The van der Waals surface area contributed by atoms with Gasteiger partial charge in [0.25, 0.3) is 0 Å². The van der Waals surface area contributed by atoms with Crippen molar-refractivity contribution in [3.05, 3.63) is 24.5 Å². The Hall–Kier alpha value is -1.31. The van der Waals surface area contributed by atoms with Crippen molar-refractivity contribution in [3.63, 3.8) is 0 Å². The number of anilines is 2. The quantitative estimate of drug-likeness (QED) is 0.880. The van der Waals surface area contributed by atoms with Crippen LogP contribution in [-0.4, -0.2) is 51.9 Å². The normalized spacial score (nSPS) is 16.0. The highest BCUT2D eigenvalue weighted by Gasteiger charge is 2.14. The average Bonchev–Trinajstić information content (AvgIpc) is 2.90. The zero-order valence-electron chi connectivity index (χ0n) is 11.8. The largest absolute Gasteiger partial charge is 0.382 e. The number of nitrogen functional groups attached to an aromatic ring is 1. The molecule has 1 saturated heterocycles. The first kappa shape index (κ1) is 14.6. The van der Waals surface area contributed by atoms with Crippen LogP contribution in [0, 0.1) is 0 Å². The fourth-order valence-electron chi connectivity index (χ4n) is 2.37. The number of aromatic nitrogens is 2. The van der Waals surface area contributed by atoms with Gasteiger partial charge in [0.1, 0.15) is 10.8 Å². The molecule has 2 aromatic rings. The van der Waals surface area contributed by atoms with E-state index in [4.69, 9.17) is 5.73 Å². The minimum absolute atomic E-state index is 0.574. The second-order valence-electron chi connectivity index (χ2n) is 4.89. The highest BCUT2D eigenvalue weighted by Crippen LogP contribution is 2.36. The van der Waals surface area contributed by atoms with Gasteiger partial charge < -0.3 is 11.1 Å². The van der Waals surface area contributed by atoms with Crippen LogP contribution in [0.2, 0.25) is 0 Å². The Morgan fingerprint density at radius 2 is 2.19 bits per heavy atom. The van der Waals surface area contributed by atoms with Crippen molar-refractivity contribution >= 4 is 34.1 Å². The highest BCUT2D eigenvalue weighted by molar-refractivity contribution is 7.99. The molecule has 3 rings (SSSR count). The second-order valence-corrected chi connectivity index (χ2v) is 6.89. The summed E-state index contributed by atoms with van der Waals surface area (Å²) in [5.74, 6) is 3.06. The lowest BCUT2D eigenvalue weighted by atomic mass is 10.1. The van der Waals surface area contributed by atoms with Crippen LogP contribution in [0.3, 0.4) is 0 Å². The molecule has 0 amide bonds. The van der Waals surface area contributed by atoms with Crippen molar-refractivity contribution in [2.45, 2.75) is 0 Å². The number of pyridine rings is 1. The lowest BCUT2D eigenvalue weighted by Gasteiger charge is -2.26. The van der Waals surface area contributed by atoms with Gasteiger partial charge in [-0.25, -0.2) is 0 Å². The van der Waals surface area contributed by atoms with Crippen LogP contribution in [0.25, 0.3) is 11.1 Å². The Labute approximate surface area is 133 Å². The van der Waals surface area contributed by atoms with Gasteiger partial charge in [-0.1, -0.05) is 6.07 Å². The summed E-state index contributed by atoms with van der Waals surface area (Å²) < 4.78 is 4.27. The molecule has 0 aromatic carbocycles. The minimum Gasteiger partial charge on any atom is -0.382 e. The third-order valence-corrected chi connectivity index (χ3v) is 5.25. The van der Waals surface area contributed by atoms with Gasteiger partial charge in [-0.3, -0.25) is 9.88 Å². The molecular formula is C14H19N5S2. The molecule has 0 saturated carbocycles. The second kappa shape index (κ2) is 7.11. The summed E-state index contributed by atoms with van der Waals surface area (Å²) in [6.07, 6.45) is 3.59. The van der Waals surface area contributed by atoms with Gasteiger partial charge in [0, 0.05) is 55.6 Å². The molecule has 3 N–H and O–H groups in total. The molecule has 0 radical (unpaired) electrons. The number of hydrogen-bond acceptors (Lipinski definition) is 7. The molecule has 0 aliphatic carbocycles. The molecule has 1 fully saturated rings. The first-order valence-electron chi connectivity index (χ1n) is 7.04. The maximum Gasteiger partial charge on any atom is 0.147 e. The Balaban J connectivity index is 1.63. The molecule has 2 aromatic heterocycles. The van der Waals surface area contributed by atoms with E-state index in [0.717, 1.165) is 29.2 Å². The van der Waals surface area contributed by atoms with Crippen molar-refractivity contribution in [1.29, 1.82) is 0 Å². The predicted molar refractivity (Wildman–Crippen MR) is 92.0 cm³/mol. The summed E-state index contributed by atoms with van der Waals surface area (Å²) in [6.45, 7) is 4.35. The predicted octanol–water partition coefficient (Wildman–Crippen LogP) is 2.25. The van der Waals surface area contributed by atoms with Gasteiger partial charge >= 0.3 is 0 Å². The first-order chi connectivity index (χ1) is 10.3. The summed E-state index contributed by atoms with van der Waals surface area (Å²) in [5, 5.41) is 4.51. The lowest BCUT2D eigenvalue weighted by Crippen LogP contribution is -2.36. The van der Waals surface area contributed by atoms with E-state index in [1.807, 2.05) is 30.1 Å². The van der Waals surface area contributed by atoms with Crippen molar-refractivity contribution in [2.75, 3.05) is 48.7 Å². The van der Waals surface area contributed by atoms with E-state index in [-0.39, 0.29) is 0 Å². The van der Waals surface area contributed by atoms with Crippen molar-refractivity contribution in [1.82, 2.24) is 14.3 Å². The van der Waals surface area contributed by atoms with Crippen LogP contribution in [0.1, 0.15) is 0 Å². The molecule has 0 spiro atoms. The maximum atomic E-state index is 6.01. The minimum atomic E-state index is 0.574. The van der Waals surface area contributed by atoms with Gasteiger partial charge in [0.15, 0.2) is 0 Å². The summed E-state index contributed by atoms with van der Waals surface area (Å²) in [4.78, 5) is 6.66. The van der Waals surface area contributed by atoms with E-state index < -0.39 is 0 Å². The van der Waals surface area contributed by atoms with E-state index in [0.29, 0.717) is 5.82 Å². The summed E-state index contributed by atoms with van der Waals surface area (Å²) in [7, 11) is 0. The molecule has 0 unspecified atom stereocenters. The zero-order chi connectivity index (χ0) is 14.5. The highest BCUT2D eigenvalue weighted by atomic mass is 32.2. The average molecular weight is 321 g/mol. The molecule has 112 valence electrons. The number of nitrogens with two attached hydrogens (primary N) is 1. The molecule has 7 heteroatoms. The van der Waals surface area contributed by atoms with Gasteiger partial charge in [0.05, 0.1) is 5.56 Å². The Morgan fingerprint density at radius 3 is 2.95 bits per heavy atom. The molecule has 21 heavy (non-hydrogen) atoms. The van der Waals surface area contributed by atoms with E-state index in [1.165, 1.54) is 36.1 Å². The maximum absolute atomic E-state index is 6.01. The lowest BCUT2D eigenvalue weighted by molar-refractivity contribution is 0.314. The molecule has 0 bridgehead atoms. The standard InChI is InChI=1S/C14H19N5S2/c15-13-12(11-2-1-3-16-10-11)14(21-18-13)17-4-5-19-6-8-20-9-7-19/h1-3,10,17H,4-9H2,(H2,15,18). The van der Waals surface area contributed by atoms with Crippen LogP contribution in [-0.2, 0) is 0 Å². The number of nitrogens with zero attached hydrogens (tertiary/aromatic N) is 3. The third-order valence-electron chi connectivity index (χ3n) is 3.49. The van der Waals surface area contributed by atoms with Gasteiger partial charge in [-0.2, -0.15) is 16.1 Å². The van der Waals surface area contributed by atoms with Crippen molar-refractivity contribution in [3.8, 4) is 11.1 Å². The zero-order valence-corrected chi connectivity index (χ0v) is 13.4. The molecule has 1 aliphatic heterocycles. The van der Waals surface area contributed by atoms with E-state index >= 15 is 0 Å². The number of thioether (sulfide) groups is 1. The summed E-state index contributed by atoms with van der Waals surface area (Å²) >= 11 is 3.46. The molecule has 5 nitrogen and oxygen atoms in total. The first-order valence-corrected chi connectivity index (χ1v) is 8.97. The molecule has 1 aliphatic rings. The van der Waals surface area contributed by atoms with Gasteiger partial charge in [-0.05, 0) is 17.6 Å². The SMILES string of the molecule is Nc1nsc(NCCN2CCSCC2)c1-c1cccnc1. The topological polar surface area (TPSA) is 67.1 Å². The fourth-order valence-corrected chi connectivity index (χ4v) is 4.10. The van der Waals surface area contributed by atoms with Crippen molar-refractivity contribution < 1.29 is 0 Å². The van der Waals surface area contributed by atoms with Crippen LogP contribution < -0.4 is 11.1 Å². The van der Waals surface area contributed by atoms with Crippen molar-refractivity contribution in [2.24, 2.45) is 0 Å². The monoisotopic (exact) mass is 321 g/mol.